The van der Waals surface area contributed by atoms with Crippen LogP contribution in [-0.4, -0.2) is 26.5 Å². The first-order chi connectivity index (χ1) is 13.2. The van der Waals surface area contributed by atoms with Crippen LogP contribution in [0.4, 0.5) is 17.6 Å². The number of carbonyl (C=O) groups excluding carboxylic acids is 1. The predicted octanol–water partition coefficient (Wildman–Crippen LogP) is 4.56. The van der Waals surface area contributed by atoms with Crippen molar-refractivity contribution in [2.75, 3.05) is 0 Å². The number of nitrogens with zero attached hydrogens (tertiary/aromatic N) is 3. The number of nitrogens with one attached hydrogen (secondary N) is 1. The minimum atomic E-state index is -4.62. The van der Waals surface area contributed by atoms with Gasteiger partial charge in [-0.3, -0.25) is 4.79 Å². The molecule has 0 aliphatic heterocycles. The van der Waals surface area contributed by atoms with Crippen LogP contribution in [0.1, 0.15) is 23.5 Å². The van der Waals surface area contributed by atoms with Gasteiger partial charge in [-0.1, -0.05) is 22.9 Å². The van der Waals surface area contributed by atoms with Gasteiger partial charge in [-0.25, -0.2) is 13.9 Å². The number of benzene rings is 1. The molecule has 28 heavy (non-hydrogen) atoms. The Kier molecular flexibility index (Phi) is 4.62. The first kappa shape index (κ1) is 18.9. The zero-order valence-electron chi connectivity index (χ0n) is 13.9. The fourth-order valence-corrected chi connectivity index (χ4v) is 3.57. The monoisotopic (exact) mass is 430 g/mol. The van der Waals surface area contributed by atoms with Crippen molar-refractivity contribution in [1.29, 1.82) is 0 Å². The number of hydrogen-bond donors (Lipinski definition) is 1. The van der Waals surface area contributed by atoms with Crippen molar-refractivity contribution in [3.63, 3.8) is 0 Å². The number of halogens is 5. The zero-order valence-corrected chi connectivity index (χ0v) is 15.5. The van der Waals surface area contributed by atoms with E-state index in [2.05, 4.69) is 15.4 Å². The minimum absolute atomic E-state index is 0.0232. The summed E-state index contributed by atoms with van der Waals surface area (Å²) in [6.07, 6.45) is -0.298. The second-order valence-electron chi connectivity index (χ2n) is 6.19. The Hall–Kier alpha value is -2.46. The summed E-state index contributed by atoms with van der Waals surface area (Å²) >= 11 is 6.45. The first-order valence-electron chi connectivity index (χ1n) is 8.13. The van der Waals surface area contributed by atoms with E-state index in [0.29, 0.717) is 16.9 Å². The lowest BCUT2D eigenvalue weighted by molar-refractivity contribution is -0.138. The molecule has 3 aromatic rings. The van der Waals surface area contributed by atoms with E-state index in [1.807, 2.05) is 0 Å². The van der Waals surface area contributed by atoms with Crippen LogP contribution in [-0.2, 0) is 11.0 Å². The largest absolute Gasteiger partial charge is 0.445 e. The fourth-order valence-electron chi connectivity index (χ4n) is 2.54. The van der Waals surface area contributed by atoms with Crippen LogP contribution in [0.3, 0.4) is 0 Å². The van der Waals surface area contributed by atoms with E-state index < -0.39 is 17.0 Å². The molecule has 2 aromatic heterocycles. The molecular formula is C17H11ClF4N4OS. The quantitative estimate of drug-likeness (QED) is 0.487. The molecule has 1 aliphatic rings. The van der Waals surface area contributed by atoms with E-state index in [4.69, 9.17) is 11.6 Å². The van der Waals surface area contributed by atoms with Crippen molar-refractivity contribution in [1.82, 2.24) is 19.9 Å². The van der Waals surface area contributed by atoms with Gasteiger partial charge in [-0.05, 0) is 37.1 Å². The predicted molar refractivity (Wildman–Crippen MR) is 96.5 cm³/mol. The lowest BCUT2D eigenvalue weighted by Gasteiger charge is -2.04. The number of amides is 1. The molecule has 0 radical (unpaired) electrons. The number of aromatic nitrogens is 3. The highest BCUT2D eigenvalue weighted by molar-refractivity contribution is 7.16. The van der Waals surface area contributed by atoms with Crippen molar-refractivity contribution in [3.05, 3.63) is 45.8 Å². The topological polar surface area (TPSA) is 59.3 Å². The van der Waals surface area contributed by atoms with Gasteiger partial charge in [-0.15, -0.1) is 5.10 Å². The van der Waals surface area contributed by atoms with Gasteiger partial charge < -0.3 is 5.32 Å². The average molecular weight is 431 g/mol. The maximum atomic E-state index is 13.4. The number of fused-ring (bicyclic) bond motifs is 1. The van der Waals surface area contributed by atoms with Crippen LogP contribution in [0.5, 0.6) is 0 Å². The van der Waals surface area contributed by atoms with E-state index in [9.17, 15) is 22.4 Å². The molecule has 0 atom stereocenters. The van der Waals surface area contributed by atoms with Crippen LogP contribution in [0.15, 0.2) is 24.3 Å². The molecule has 4 rings (SSSR count). The van der Waals surface area contributed by atoms with Crippen molar-refractivity contribution < 1.29 is 22.4 Å². The Morgan fingerprint density at radius 2 is 2.11 bits per heavy atom. The number of imidazole rings is 1. The van der Waals surface area contributed by atoms with E-state index in [-0.39, 0.29) is 33.3 Å². The minimum Gasteiger partial charge on any atom is -0.350 e. The molecule has 1 saturated carbocycles. The molecule has 1 amide bonds. The summed E-state index contributed by atoms with van der Waals surface area (Å²) in [6, 6.07) is 3.74. The SMILES string of the molecule is O=C(C=Cc1c(-c2ccc(F)cc2Cl)nc2sc(C(F)(F)F)nn12)NC1CC1. The molecule has 0 bridgehead atoms. The second-order valence-corrected chi connectivity index (χ2v) is 7.55. The highest BCUT2D eigenvalue weighted by atomic mass is 35.5. The Morgan fingerprint density at radius 1 is 1.36 bits per heavy atom. The Balaban J connectivity index is 1.82. The molecule has 11 heteroatoms. The molecule has 1 aromatic carbocycles. The van der Waals surface area contributed by atoms with E-state index in [1.54, 1.807) is 0 Å². The van der Waals surface area contributed by atoms with E-state index >= 15 is 0 Å². The molecule has 1 N–H and O–H groups in total. The van der Waals surface area contributed by atoms with Crippen molar-refractivity contribution in [2.24, 2.45) is 0 Å². The summed E-state index contributed by atoms with van der Waals surface area (Å²) in [5.74, 6) is -0.937. The molecule has 1 fully saturated rings. The second kappa shape index (κ2) is 6.85. The summed E-state index contributed by atoms with van der Waals surface area (Å²) in [5.41, 5.74) is 0.658. The van der Waals surface area contributed by atoms with Gasteiger partial charge in [-0.2, -0.15) is 13.2 Å². The lowest BCUT2D eigenvalue weighted by atomic mass is 10.1. The standard InChI is InChI=1S/C17H11ClF4N4OS/c18-11-7-8(19)1-4-10(11)14-12(5-6-13(27)23-9-2-3-9)26-16(24-14)28-15(25-26)17(20,21)22/h1,4-7,9H,2-3H2,(H,23,27). The maximum Gasteiger partial charge on any atom is 0.445 e. The zero-order chi connectivity index (χ0) is 20.1. The van der Waals surface area contributed by atoms with E-state index in [1.165, 1.54) is 18.2 Å². The molecule has 0 spiro atoms. The highest BCUT2D eigenvalue weighted by Gasteiger charge is 2.36. The molecular weight excluding hydrogens is 420 g/mol. The van der Waals surface area contributed by atoms with Gasteiger partial charge in [0.1, 0.15) is 11.5 Å². The molecule has 1 aliphatic carbocycles. The smallest absolute Gasteiger partial charge is 0.350 e. The lowest BCUT2D eigenvalue weighted by Crippen LogP contribution is -2.22. The van der Waals surface area contributed by atoms with Gasteiger partial charge >= 0.3 is 6.18 Å². The van der Waals surface area contributed by atoms with Crippen molar-refractivity contribution >= 4 is 39.9 Å². The van der Waals surface area contributed by atoms with Crippen LogP contribution in [0, 0.1) is 5.82 Å². The summed E-state index contributed by atoms with van der Waals surface area (Å²) < 4.78 is 53.3. The fraction of sp³-hybridized carbons (Fsp3) is 0.235. The summed E-state index contributed by atoms with van der Waals surface area (Å²) in [6.45, 7) is 0. The molecule has 5 nitrogen and oxygen atoms in total. The Labute approximate surface area is 164 Å². The van der Waals surface area contributed by atoms with Gasteiger partial charge in [0.15, 0.2) is 0 Å². The Bertz CT molecular complexity index is 1100. The molecule has 0 saturated heterocycles. The van der Waals surface area contributed by atoms with Crippen LogP contribution < -0.4 is 5.32 Å². The van der Waals surface area contributed by atoms with Gasteiger partial charge in [0.25, 0.3) is 0 Å². The third-order valence-corrected chi connectivity index (χ3v) is 5.25. The number of rotatable bonds is 4. The summed E-state index contributed by atoms with van der Waals surface area (Å²) in [5, 5.41) is 5.29. The number of hydrogen-bond acceptors (Lipinski definition) is 4. The average Bonchev–Trinajstić information content (AvgIpc) is 3.19. The van der Waals surface area contributed by atoms with Crippen molar-refractivity contribution in [3.8, 4) is 11.3 Å². The molecule has 0 unspecified atom stereocenters. The van der Waals surface area contributed by atoms with Gasteiger partial charge in [0, 0.05) is 17.7 Å². The molecule has 2 heterocycles. The van der Waals surface area contributed by atoms with Gasteiger partial charge in [0.05, 0.1) is 10.7 Å². The normalized spacial score (nSPS) is 14.9. The van der Waals surface area contributed by atoms with Crippen LogP contribution >= 0.6 is 22.9 Å². The third kappa shape index (κ3) is 3.74. The number of carbonyl (C=O) groups is 1. The number of alkyl halides is 3. The maximum absolute atomic E-state index is 13.4. The van der Waals surface area contributed by atoms with Crippen LogP contribution in [0.25, 0.3) is 22.3 Å². The Morgan fingerprint density at radius 3 is 2.75 bits per heavy atom. The first-order valence-corrected chi connectivity index (χ1v) is 9.32. The van der Waals surface area contributed by atoms with E-state index in [0.717, 1.165) is 29.5 Å². The van der Waals surface area contributed by atoms with Gasteiger partial charge in [0.2, 0.25) is 15.9 Å². The summed E-state index contributed by atoms with van der Waals surface area (Å²) in [4.78, 5) is 16.1. The summed E-state index contributed by atoms with van der Waals surface area (Å²) in [7, 11) is 0. The molecule has 146 valence electrons. The van der Waals surface area contributed by atoms with Crippen molar-refractivity contribution in [2.45, 2.75) is 25.1 Å². The third-order valence-electron chi connectivity index (χ3n) is 3.98. The highest BCUT2D eigenvalue weighted by Crippen LogP contribution is 2.37. The van der Waals surface area contributed by atoms with Crippen LogP contribution in [0.2, 0.25) is 5.02 Å².